The van der Waals surface area contributed by atoms with Crippen molar-refractivity contribution in [3.05, 3.63) is 23.5 Å². The number of alkyl halides is 1. The summed E-state index contributed by atoms with van der Waals surface area (Å²) >= 11 is 0. The molecule has 1 atom stereocenters. The van der Waals surface area contributed by atoms with Crippen molar-refractivity contribution >= 4 is 0 Å². The van der Waals surface area contributed by atoms with E-state index in [1.807, 2.05) is 0 Å². The van der Waals surface area contributed by atoms with Gasteiger partial charge in [-0.1, -0.05) is 0 Å². The second-order valence-electron chi connectivity index (χ2n) is 2.99. The number of hydrogen-bond donors (Lipinski definition) is 1. The molecular weight excluding hydrogens is 204 g/mol. The van der Waals surface area contributed by atoms with Gasteiger partial charge in [0, 0.05) is 11.6 Å². The smallest absolute Gasteiger partial charge is 0.163 e. The van der Waals surface area contributed by atoms with E-state index < -0.39 is 18.5 Å². The van der Waals surface area contributed by atoms with E-state index in [9.17, 15) is 8.78 Å². The van der Waals surface area contributed by atoms with Crippen molar-refractivity contribution in [1.82, 2.24) is 0 Å². The first-order valence-electron chi connectivity index (χ1n) is 4.37. The van der Waals surface area contributed by atoms with Crippen LogP contribution in [0.15, 0.2) is 12.1 Å². The van der Waals surface area contributed by atoms with E-state index in [2.05, 4.69) is 0 Å². The Morgan fingerprint density at radius 3 is 2.27 bits per heavy atom. The molecule has 84 valence electrons. The van der Waals surface area contributed by atoms with Gasteiger partial charge in [-0.05, 0) is 6.07 Å². The Kier molecular flexibility index (Phi) is 3.85. The highest BCUT2D eigenvalue weighted by Gasteiger charge is 2.16. The molecule has 0 spiro atoms. The maximum absolute atomic E-state index is 13.4. The predicted octanol–water partition coefficient (Wildman–Crippen LogP) is 1.81. The third-order valence-electron chi connectivity index (χ3n) is 2.07. The molecule has 0 heterocycles. The topological polar surface area (TPSA) is 44.5 Å². The van der Waals surface area contributed by atoms with E-state index >= 15 is 0 Å². The molecule has 5 heteroatoms. The van der Waals surface area contributed by atoms with E-state index in [-0.39, 0.29) is 11.3 Å². The number of nitrogens with two attached hydrogens (primary N) is 1. The van der Waals surface area contributed by atoms with Crippen LogP contribution in [0.3, 0.4) is 0 Å². The van der Waals surface area contributed by atoms with Gasteiger partial charge in [0.25, 0.3) is 0 Å². The lowest BCUT2D eigenvalue weighted by Crippen LogP contribution is -2.14. The molecule has 0 radical (unpaired) electrons. The highest BCUT2D eigenvalue weighted by atomic mass is 19.1. The lowest BCUT2D eigenvalue weighted by molar-refractivity contribution is 0.349. The molecule has 0 bridgehead atoms. The summed E-state index contributed by atoms with van der Waals surface area (Å²) in [6, 6.07) is 1.49. The molecule has 0 aliphatic carbocycles. The molecule has 0 aliphatic heterocycles. The minimum absolute atomic E-state index is 0.0788. The van der Waals surface area contributed by atoms with Crippen LogP contribution in [0.4, 0.5) is 8.78 Å². The fourth-order valence-electron chi connectivity index (χ4n) is 1.24. The first-order chi connectivity index (χ1) is 7.13. The number of ether oxygens (including phenoxy) is 2. The van der Waals surface area contributed by atoms with E-state index in [1.54, 1.807) is 0 Å². The quantitative estimate of drug-likeness (QED) is 0.836. The summed E-state index contributed by atoms with van der Waals surface area (Å²) in [5.74, 6) is -0.0135. The number of halogens is 2. The van der Waals surface area contributed by atoms with Crippen molar-refractivity contribution in [2.45, 2.75) is 6.04 Å². The zero-order chi connectivity index (χ0) is 11.4. The molecule has 15 heavy (non-hydrogen) atoms. The third-order valence-corrected chi connectivity index (χ3v) is 2.07. The van der Waals surface area contributed by atoms with Crippen LogP contribution in [-0.2, 0) is 0 Å². The Labute approximate surface area is 86.8 Å². The lowest BCUT2D eigenvalue weighted by atomic mass is 10.1. The predicted molar refractivity (Wildman–Crippen MR) is 52.4 cm³/mol. The summed E-state index contributed by atoms with van der Waals surface area (Å²) in [7, 11) is 2.81. The second kappa shape index (κ2) is 4.93. The normalized spacial score (nSPS) is 12.3. The van der Waals surface area contributed by atoms with Crippen molar-refractivity contribution in [2.24, 2.45) is 5.73 Å². The van der Waals surface area contributed by atoms with Crippen LogP contribution in [0.25, 0.3) is 0 Å². The summed E-state index contributed by atoms with van der Waals surface area (Å²) in [6.45, 7) is -0.827. The molecule has 0 saturated carbocycles. The van der Waals surface area contributed by atoms with Gasteiger partial charge in [0.15, 0.2) is 11.5 Å². The standard InChI is InChI=1S/C10H13F2NO2/c1-14-9-3-6(8(13)5-11)7(12)4-10(9)15-2/h3-4,8H,5,13H2,1-2H3/t8-/m1/s1. The molecule has 0 amide bonds. The van der Waals surface area contributed by atoms with Gasteiger partial charge in [0.1, 0.15) is 12.5 Å². The van der Waals surface area contributed by atoms with Crippen LogP contribution in [0, 0.1) is 5.82 Å². The van der Waals surface area contributed by atoms with Gasteiger partial charge in [-0.25, -0.2) is 8.78 Å². The molecule has 3 nitrogen and oxygen atoms in total. The molecule has 0 aromatic heterocycles. The molecule has 0 fully saturated rings. The molecule has 0 aliphatic rings. The lowest BCUT2D eigenvalue weighted by Gasteiger charge is -2.13. The van der Waals surface area contributed by atoms with Gasteiger partial charge in [-0.3, -0.25) is 0 Å². The van der Waals surface area contributed by atoms with Crippen LogP contribution >= 0.6 is 0 Å². The van der Waals surface area contributed by atoms with Crippen LogP contribution in [0.2, 0.25) is 0 Å². The van der Waals surface area contributed by atoms with Gasteiger partial charge in [-0.15, -0.1) is 0 Å². The first-order valence-corrected chi connectivity index (χ1v) is 4.37. The zero-order valence-corrected chi connectivity index (χ0v) is 8.59. The SMILES string of the molecule is COc1cc(F)c([C@H](N)CF)cc1OC. The van der Waals surface area contributed by atoms with Gasteiger partial charge in [-0.2, -0.15) is 0 Å². The average molecular weight is 217 g/mol. The van der Waals surface area contributed by atoms with Crippen LogP contribution in [0.5, 0.6) is 11.5 Å². The molecule has 0 unspecified atom stereocenters. The highest BCUT2D eigenvalue weighted by Crippen LogP contribution is 2.31. The van der Waals surface area contributed by atoms with Crippen LogP contribution in [0.1, 0.15) is 11.6 Å². The maximum Gasteiger partial charge on any atom is 0.163 e. The minimum atomic E-state index is -0.982. The Hall–Kier alpha value is -1.36. The number of rotatable bonds is 4. The molecule has 1 rings (SSSR count). The van der Waals surface area contributed by atoms with Gasteiger partial charge >= 0.3 is 0 Å². The maximum atomic E-state index is 13.4. The Bertz CT molecular complexity index is 344. The van der Waals surface area contributed by atoms with Crippen molar-refractivity contribution in [3.8, 4) is 11.5 Å². The summed E-state index contributed by atoms with van der Waals surface area (Å²) < 4.78 is 35.6. The van der Waals surface area contributed by atoms with Gasteiger partial charge < -0.3 is 15.2 Å². The molecule has 0 saturated heterocycles. The molecular formula is C10H13F2NO2. The van der Waals surface area contributed by atoms with Gasteiger partial charge in [0.05, 0.1) is 20.3 Å². The summed E-state index contributed by atoms with van der Waals surface area (Å²) in [5, 5.41) is 0. The van der Waals surface area contributed by atoms with Crippen molar-refractivity contribution in [1.29, 1.82) is 0 Å². The summed E-state index contributed by atoms with van der Waals surface area (Å²) in [5.41, 5.74) is 5.48. The van der Waals surface area contributed by atoms with E-state index in [1.165, 1.54) is 20.3 Å². The number of benzene rings is 1. The van der Waals surface area contributed by atoms with Crippen molar-refractivity contribution in [3.63, 3.8) is 0 Å². The second-order valence-corrected chi connectivity index (χ2v) is 2.99. The highest BCUT2D eigenvalue weighted by molar-refractivity contribution is 5.44. The fourth-order valence-corrected chi connectivity index (χ4v) is 1.24. The minimum Gasteiger partial charge on any atom is -0.493 e. The first kappa shape index (κ1) is 11.7. The summed E-state index contributed by atoms with van der Waals surface area (Å²) in [6.07, 6.45) is 0. The number of hydrogen-bond acceptors (Lipinski definition) is 3. The van der Waals surface area contributed by atoms with Crippen LogP contribution in [-0.4, -0.2) is 20.9 Å². The average Bonchev–Trinajstić information content (AvgIpc) is 2.27. The van der Waals surface area contributed by atoms with Crippen molar-refractivity contribution < 1.29 is 18.3 Å². The third kappa shape index (κ3) is 2.36. The fraction of sp³-hybridized carbons (Fsp3) is 0.400. The summed E-state index contributed by atoms with van der Waals surface area (Å²) in [4.78, 5) is 0. The largest absolute Gasteiger partial charge is 0.493 e. The van der Waals surface area contributed by atoms with Crippen molar-refractivity contribution in [2.75, 3.05) is 20.9 Å². The van der Waals surface area contributed by atoms with E-state index in [0.717, 1.165) is 6.07 Å². The molecule has 2 N–H and O–H groups in total. The van der Waals surface area contributed by atoms with E-state index in [4.69, 9.17) is 15.2 Å². The zero-order valence-electron chi connectivity index (χ0n) is 8.59. The molecule has 1 aromatic rings. The van der Waals surface area contributed by atoms with E-state index in [0.29, 0.717) is 5.75 Å². The Balaban J connectivity index is 3.19. The molecule has 1 aromatic carbocycles. The Morgan fingerprint density at radius 1 is 1.27 bits per heavy atom. The van der Waals surface area contributed by atoms with Gasteiger partial charge in [0.2, 0.25) is 0 Å². The number of methoxy groups -OCH3 is 2. The monoisotopic (exact) mass is 217 g/mol. The van der Waals surface area contributed by atoms with Crippen LogP contribution < -0.4 is 15.2 Å². The Morgan fingerprint density at radius 2 is 1.80 bits per heavy atom.